The molecule has 3 rings (SSSR count). The van der Waals surface area contributed by atoms with E-state index in [1.54, 1.807) is 16.8 Å². The SMILES string of the molecule is Cc1cc(C)c(OC(C)(C)c2nnc(-c3ccc(F)cc3Cl)n2C)cn1. The summed E-state index contributed by atoms with van der Waals surface area (Å²) in [6, 6.07) is 6.16. The maximum atomic E-state index is 13.3. The lowest BCUT2D eigenvalue weighted by Gasteiger charge is -2.26. The van der Waals surface area contributed by atoms with Gasteiger partial charge < -0.3 is 9.30 Å². The maximum Gasteiger partial charge on any atom is 0.176 e. The van der Waals surface area contributed by atoms with Crippen molar-refractivity contribution < 1.29 is 9.13 Å². The molecule has 0 atom stereocenters. The molecule has 0 aliphatic rings. The maximum absolute atomic E-state index is 13.3. The molecule has 1 aromatic carbocycles. The number of rotatable bonds is 4. The van der Waals surface area contributed by atoms with Crippen LogP contribution in [0.2, 0.25) is 5.02 Å². The Labute approximate surface area is 156 Å². The minimum Gasteiger partial charge on any atom is -0.478 e. The van der Waals surface area contributed by atoms with E-state index < -0.39 is 11.4 Å². The van der Waals surface area contributed by atoms with Gasteiger partial charge in [0, 0.05) is 18.3 Å². The van der Waals surface area contributed by atoms with Gasteiger partial charge in [0.15, 0.2) is 17.2 Å². The van der Waals surface area contributed by atoms with Crippen molar-refractivity contribution in [1.82, 2.24) is 19.7 Å². The molecule has 136 valence electrons. The van der Waals surface area contributed by atoms with E-state index in [0.29, 0.717) is 23.0 Å². The highest BCUT2D eigenvalue weighted by molar-refractivity contribution is 6.33. The molecule has 0 spiro atoms. The number of benzene rings is 1. The zero-order chi connectivity index (χ0) is 19.1. The Hall–Kier alpha value is -2.47. The van der Waals surface area contributed by atoms with Crippen molar-refractivity contribution in [3.8, 4) is 17.1 Å². The standard InChI is InChI=1S/C19H20ClFN4O/c1-11-8-12(2)22-10-16(11)26-19(3,4)18-24-23-17(25(18)5)14-7-6-13(21)9-15(14)20/h6-10H,1-5H3. The van der Waals surface area contributed by atoms with Crippen molar-refractivity contribution in [3.63, 3.8) is 0 Å². The first-order chi connectivity index (χ1) is 12.2. The van der Waals surface area contributed by atoms with E-state index >= 15 is 0 Å². The molecule has 2 aromatic heterocycles. The molecule has 7 heteroatoms. The van der Waals surface area contributed by atoms with Gasteiger partial charge in [0.2, 0.25) is 0 Å². The van der Waals surface area contributed by atoms with Crippen LogP contribution in [-0.2, 0) is 12.6 Å². The first-order valence-electron chi connectivity index (χ1n) is 8.16. The number of nitrogens with zero attached hydrogens (tertiary/aromatic N) is 4. The number of pyridine rings is 1. The van der Waals surface area contributed by atoms with Crippen LogP contribution < -0.4 is 4.74 Å². The number of aryl methyl sites for hydroxylation is 2. The molecule has 2 heterocycles. The number of aromatic nitrogens is 4. The molecule has 0 saturated heterocycles. The fourth-order valence-electron chi connectivity index (χ4n) is 2.87. The lowest BCUT2D eigenvalue weighted by molar-refractivity contribution is 0.0935. The van der Waals surface area contributed by atoms with Crippen molar-refractivity contribution in [1.29, 1.82) is 0 Å². The molecule has 0 aliphatic heterocycles. The second kappa shape index (κ2) is 6.68. The van der Waals surface area contributed by atoms with Gasteiger partial charge in [0.25, 0.3) is 0 Å². The highest BCUT2D eigenvalue weighted by atomic mass is 35.5. The minimum absolute atomic E-state index is 0.282. The summed E-state index contributed by atoms with van der Waals surface area (Å²) in [5.41, 5.74) is 1.78. The Kier molecular flexibility index (Phi) is 4.71. The van der Waals surface area contributed by atoms with Gasteiger partial charge in [-0.15, -0.1) is 10.2 Å². The largest absolute Gasteiger partial charge is 0.478 e. The second-order valence-electron chi connectivity index (χ2n) is 6.73. The normalized spacial score (nSPS) is 11.7. The van der Waals surface area contributed by atoms with Crippen LogP contribution in [0.5, 0.6) is 5.75 Å². The number of hydrogen-bond acceptors (Lipinski definition) is 4. The van der Waals surface area contributed by atoms with Crippen LogP contribution in [0, 0.1) is 19.7 Å². The Morgan fingerprint density at radius 2 is 1.88 bits per heavy atom. The summed E-state index contributed by atoms with van der Waals surface area (Å²) in [4.78, 5) is 4.29. The van der Waals surface area contributed by atoms with Crippen LogP contribution in [0.4, 0.5) is 4.39 Å². The second-order valence-corrected chi connectivity index (χ2v) is 7.14. The van der Waals surface area contributed by atoms with E-state index in [1.807, 2.05) is 40.8 Å². The van der Waals surface area contributed by atoms with Gasteiger partial charge in [-0.05, 0) is 57.5 Å². The number of ether oxygens (including phenoxy) is 1. The fraction of sp³-hybridized carbons (Fsp3) is 0.316. The van der Waals surface area contributed by atoms with Gasteiger partial charge in [0.1, 0.15) is 11.6 Å². The zero-order valence-electron chi connectivity index (χ0n) is 15.3. The van der Waals surface area contributed by atoms with Crippen LogP contribution in [-0.4, -0.2) is 19.7 Å². The summed E-state index contributed by atoms with van der Waals surface area (Å²) < 4.78 is 21.3. The zero-order valence-corrected chi connectivity index (χ0v) is 16.1. The summed E-state index contributed by atoms with van der Waals surface area (Å²) in [7, 11) is 1.83. The molecule has 5 nitrogen and oxygen atoms in total. The third-order valence-corrected chi connectivity index (χ3v) is 4.46. The Morgan fingerprint density at radius 1 is 1.15 bits per heavy atom. The summed E-state index contributed by atoms with van der Waals surface area (Å²) in [5, 5.41) is 8.80. The first-order valence-corrected chi connectivity index (χ1v) is 8.54. The lowest BCUT2D eigenvalue weighted by Crippen LogP contribution is -2.29. The summed E-state index contributed by atoms with van der Waals surface area (Å²) in [5.74, 6) is 1.45. The van der Waals surface area contributed by atoms with Gasteiger partial charge in [-0.3, -0.25) is 4.98 Å². The molecule has 0 saturated carbocycles. The predicted octanol–water partition coefficient (Wildman–Crippen LogP) is 4.60. The summed E-state index contributed by atoms with van der Waals surface area (Å²) in [6.07, 6.45) is 1.71. The molecule has 0 radical (unpaired) electrons. The Morgan fingerprint density at radius 3 is 2.54 bits per heavy atom. The third-order valence-electron chi connectivity index (χ3n) is 4.15. The Bertz CT molecular complexity index is 968. The molecule has 0 aliphatic carbocycles. The number of hydrogen-bond donors (Lipinski definition) is 0. The van der Waals surface area contributed by atoms with Gasteiger partial charge in [0.05, 0.1) is 11.2 Å². The summed E-state index contributed by atoms with van der Waals surface area (Å²) in [6.45, 7) is 7.72. The van der Waals surface area contributed by atoms with Crippen molar-refractivity contribution in [2.75, 3.05) is 0 Å². The van der Waals surface area contributed by atoms with E-state index in [1.165, 1.54) is 12.1 Å². The molecule has 0 N–H and O–H groups in total. The molecule has 0 unspecified atom stereocenters. The van der Waals surface area contributed by atoms with Crippen LogP contribution in [0.3, 0.4) is 0 Å². The minimum atomic E-state index is -0.756. The molecule has 0 fully saturated rings. The average Bonchev–Trinajstić information content (AvgIpc) is 2.92. The fourth-order valence-corrected chi connectivity index (χ4v) is 3.12. The van der Waals surface area contributed by atoms with E-state index in [-0.39, 0.29) is 5.02 Å². The third kappa shape index (κ3) is 3.42. The van der Waals surface area contributed by atoms with Crippen molar-refractivity contribution >= 4 is 11.6 Å². The summed E-state index contributed by atoms with van der Waals surface area (Å²) >= 11 is 6.16. The highest BCUT2D eigenvalue weighted by Crippen LogP contribution is 2.32. The molecule has 26 heavy (non-hydrogen) atoms. The first kappa shape index (κ1) is 18.3. The van der Waals surface area contributed by atoms with Gasteiger partial charge in [-0.2, -0.15) is 0 Å². The number of halogens is 2. The highest BCUT2D eigenvalue weighted by Gasteiger charge is 2.31. The van der Waals surface area contributed by atoms with Crippen molar-refractivity contribution in [3.05, 3.63) is 58.4 Å². The van der Waals surface area contributed by atoms with Gasteiger partial charge in [-0.1, -0.05) is 11.6 Å². The Balaban J connectivity index is 1.97. The average molecular weight is 375 g/mol. The molecule has 0 amide bonds. The van der Waals surface area contributed by atoms with E-state index in [2.05, 4.69) is 15.2 Å². The van der Waals surface area contributed by atoms with E-state index in [0.717, 1.165) is 11.3 Å². The van der Waals surface area contributed by atoms with Crippen LogP contribution in [0.25, 0.3) is 11.4 Å². The van der Waals surface area contributed by atoms with Crippen LogP contribution >= 0.6 is 11.6 Å². The molecule has 0 bridgehead atoms. The van der Waals surface area contributed by atoms with E-state index in [4.69, 9.17) is 16.3 Å². The van der Waals surface area contributed by atoms with Crippen LogP contribution in [0.1, 0.15) is 30.9 Å². The lowest BCUT2D eigenvalue weighted by atomic mass is 10.1. The van der Waals surface area contributed by atoms with Gasteiger partial charge in [-0.25, -0.2) is 4.39 Å². The van der Waals surface area contributed by atoms with Crippen LogP contribution in [0.15, 0.2) is 30.5 Å². The molecular formula is C19H20ClFN4O. The van der Waals surface area contributed by atoms with Crippen molar-refractivity contribution in [2.45, 2.75) is 33.3 Å². The molecular weight excluding hydrogens is 355 g/mol. The van der Waals surface area contributed by atoms with E-state index in [9.17, 15) is 4.39 Å². The van der Waals surface area contributed by atoms with Crippen molar-refractivity contribution in [2.24, 2.45) is 7.05 Å². The smallest absolute Gasteiger partial charge is 0.176 e. The monoisotopic (exact) mass is 374 g/mol. The quantitative estimate of drug-likeness (QED) is 0.669. The topological polar surface area (TPSA) is 52.8 Å². The van der Waals surface area contributed by atoms with Gasteiger partial charge >= 0.3 is 0 Å². The predicted molar refractivity (Wildman–Crippen MR) is 98.8 cm³/mol. The molecule has 3 aromatic rings.